The number of methoxy groups -OCH3 is 2. The normalized spacial score (nSPS) is 10.6. The van der Waals surface area contributed by atoms with Gasteiger partial charge in [-0.25, -0.2) is 4.98 Å². The first-order valence-electron chi connectivity index (χ1n) is 7.51. The van der Waals surface area contributed by atoms with Crippen LogP contribution in [0.5, 0.6) is 11.5 Å². The molecule has 0 bridgehead atoms. The Morgan fingerprint density at radius 3 is 2.80 bits per heavy atom. The van der Waals surface area contributed by atoms with Crippen LogP contribution in [0.25, 0.3) is 0 Å². The van der Waals surface area contributed by atoms with E-state index in [0.717, 1.165) is 12.2 Å². The molecule has 1 N–H and O–H groups in total. The van der Waals surface area contributed by atoms with E-state index in [-0.39, 0.29) is 11.5 Å². The van der Waals surface area contributed by atoms with Gasteiger partial charge in [-0.15, -0.1) is 16.4 Å². The summed E-state index contributed by atoms with van der Waals surface area (Å²) in [5.41, 5.74) is 0.569. The number of ketones is 1. The van der Waals surface area contributed by atoms with Gasteiger partial charge in [0.25, 0.3) is 0 Å². The van der Waals surface area contributed by atoms with Crippen LogP contribution in [0.1, 0.15) is 21.1 Å². The molecule has 0 unspecified atom stereocenters. The highest BCUT2D eigenvalue weighted by molar-refractivity contribution is 7.99. The molecule has 2 heterocycles. The number of hydrogen-bond acceptors (Lipinski definition) is 7. The van der Waals surface area contributed by atoms with E-state index in [1.54, 1.807) is 43.8 Å². The molecule has 2 aromatic heterocycles. The number of aromatic amines is 1. The molecular formula is C17H17N3O3S2. The molecular weight excluding hydrogens is 358 g/mol. The monoisotopic (exact) mass is 375 g/mol. The average Bonchev–Trinajstić information content (AvgIpc) is 3.31. The maximum atomic E-state index is 12.4. The van der Waals surface area contributed by atoms with Gasteiger partial charge >= 0.3 is 0 Å². The minimum atomic E-state index is -0.0180. The molecule has 0 aliphatic heterocycles. The number of rotatable bonds is 8. The minimum absolute atomic E-state index is 0.0180. The lowest BCUT2D eigenvalue weighted by Gasteiger charge is -2.08. The van der Waals surface area contributed by atoms with Crippen molar-refractivity contribution in [2.75, 3.05) is 20.0 Å². The van der Waals surface area contributed by atoms with Gasteiger partial charge in [0.2, 0.25) is 5.16 Å². The van der Waals surface area contributed by atoms with E-state index < -0.39 is 0 Å². The second-order valence-electron chi connectivity index (χ2n) is 5.10. The quantitative estimate of drug-likeness (QED) is 0.480. The van der Waals surface area contributed by atoms with E-state index >= 15 is 0 Å². The van der Waals surface area contributed by atoms with Crippen molar-refractivity contribution < 1.29 is 14.3 Å². The molecule has 0 radical (unpaired) electrons. The Kier molecular flexibility index (Phi) is 5.72. The van der Waals surface area contributed by atoms with Gasteiger partial charge in [0.05, 0.1) is 20.0 Å². The van der Waals surface area contributed by atoms with Gasteiger partial charge in [-0.2, -0.15) is 0 Å². The number of Topliss-reactive ketones (excluding diaryl/α,β-unsaturated/α-hetero) is 1. The smallest absolute Gasteiger partial charge is 0.208 e. The lowest BCUT2D eigenvalue weighted by atomic mass is 10.1. The summed E-state index contributed by atoms with van der Waals surface area (Å²) < 4.78 is 10.4. The Bertz CT molecular complexity index is 847. The molecule has 6 nitrogen and oxygen atoms in total. The minimum Gasteiger partial charge on any atom is -0.493 e. The summed E-state index contributed by atoms with van der Waals surface area (Å²) in [7, 11) is 3.11. The van der Waals surface area contributed by atoms with E-state index in [9.17, 15) is 4.79 Å². The van der Waals surface area contributed by atoms with Crippen molar-refractivity contribution in [1.29, 1.82) is 0 Å². The molecule has 130 valence electrons. The fourth-order valence-corrected chi connectivity index (χ4v) is 3.64. The first-order valence-corrected chi connectivity index (χ1v) is 9.38. The molecule has 8 heteroatoms. The average molecular weight is 375 g/mol. The molecule has 0 saturated carbocycles. The van der Waals surface area contributed by atoms with Gasteiger partial charge in [0, 0.05) is 16.9 Å². The zero-order valence-electron chi connectivity index (χ0n) is 13.8. The molecule has 0 aliphatic carbocycles. The summed E-state index contributed by atoms with van der Waals surface area (Å²) in [6, 6.07) is 9.20. The number of carbonyl (C=O) groups excluding carboxylic acids is 1. The van der Waals surface area contributed by atoms with Gasteiger partial charge in [-0.3, -0.25) is 9.89 Å². The summed E-state index contributed by atoms with van der Waals surface area (Å²) in [6.07, 6.45) is 0.717. The van der Waals surface area contributed by atoms with Gasteiger partial charge in [0.15, 0.2) is 17.3 Å². The Balaban J connectivity index is 1.60. The van der Waals surface area contributed by atoms with Crippen LogP contribution in [-0.2, 0) is 6.42 Å². The van der Waals surface area contributed by atoms with Crippen molar-refractivity contribution in [3.8, 4) is 11.5 Å². The standard InChI is InChI=1S/C17H17N3O3S2/c1-22-14-6-5-11(8-15(14)23-2)13(21)10-25-17-18-16(19-20-17)9-12-4-3-7-24-12/h3-8H,9-10H2,1-2H3,(H,18,19,20). The lowest BCUT2D eigenvalue weighted by Crippen LogP contribution is -2.03. The first kappa shape index (κ1) is 17.5. The molecule has 1 aromatic carbocycles. The fourth-order valence-electron chi connectivity index (χ4n) is 2.22. The molecule has 0 fully saturated rings. The van der Waals surface area contributed by atoms with E-state index in [0.29, 0.717) is 22.2 Å². The predicted molar refractivity (Wildman–Crippen MR) is 98.1 cm³/mol. The van der Waals surface area contributed by atoms with E-state index in [2.05, 4.69) is 21.2 Å². The number of nitrogens with one attached hydrogen (secondary N) is 1. The van der Waals surface area contributed by atoms with Crippen LogP contribution in [0, 0.1) is 0 Å². The molecule has 25 heavy (non-hydrogen) atoms. The van der Waals surface area contributed by atoms with Gasteiger partial charge in [-0.1, -0.05) is 17.8 Å². The summed E-state index contributed by atoms with van der Waals surface area (Å²) in [5.74, 6) is 2.17. The highest BCUT2D eigenvalue weighted by atomic mass is 32.2. The summed E-state index contributed by atoms with van der Waals surface area (Å²) in [4.78, 5) is 18.0. The third-order valence-corrected chi connectivity index (χ3v) is 5.19. The predicted octanol–water partition coefficient (Wildman–Crippen LogP) is 3.45. The van der Waals surface area contributed by atoms with Crippen LogP contribution in [-0.4, -0.2) is 40.9 Å². The van der Waals surface area contributed by atoms with Crippen molar-refractivity contribution in [2.45, 2.75) is 11.6 Å². The Morgan fingerprint density at radius 1 is 1.24 bits per heavy atom. The Labute approximate surface area is 153 Å². The van der Waals surface area contributed by atoms with Gasteiger partial charge < -0.3 is 9.47 Å². The van der Waals surface area contributed by atoms with E-state index in [4.69, 9.17) is 9.47 Å². The van der Waals surface area contributed by atoms with Crippen molar-refractivity contribution in [2.24, 2.45) is 0 Å². The van der Waals surface area contributed by atoms with Crippen LogP contribution in [0.4, 0.5) is 0 Å². The number of thioether (sulfide) groups is 1. The molecule has 0 atom stereocenters. The van der Waals surface area contributed by atoms with Gasteiger partial charge in [0.1, 0.15) is 5.82 Å². The van der Waals surface area contributed by atoms with Crippen molar-refractivity contribution in [3.63, 3.8) is 0 Å². The number of hydrogen-bond donors (Lipinski definition) is 1. The van der Waals surface area contributed by atoms with Crippen LogP contribution in [0.15, 0.2) is 40.9 Å². The number of H-pyrrole nitrogens is 1. The Hall–Kier alpha value is -2.32. The Morgan fingerprint density at radius 2 is 2.08 bits per heavy atom. The zero-order valence-corrected chi connectivity index (χ0v) is 15.4. The third kappa shape index (κ3) is 4.40. The first-order chi connectivity index (χ1) is 12.2. The topological polar surface area (TPSA) is 77.1 Å². The molecule has 0 spiro atoms. The van der Waals surface area contributed by atoms with Crippen LogP contribution in [0.3, 0.4) is 0 Å². The highest BCUT2D eigenvalue weighted by Gasteiger charge is 2.13. The van der Waals surface area contributed by atoms with E-state index in [1.807, 2.05) is 11.4 Å². The largest absolute Gasteiger partial charge is 0.493 e. The number of nitrogens with zero attached hydrogens (tertiary/aromatic N) is 2. The zero-order chi connectivity index (χ0) is 17.6. The summed E-state index contributed by atoms with van der Waals surface area (Å²) in [6.45, 7) is 0. The molecule has 0 amide bonds. The highest BCUT2D eigenvalue weighted by Crippen LogP contribution is 2.28. The van der Waals surface area contributed by atoms with Crippen LogP contribution >= 0.6 is 23.1 Å². The van der Waals surface area contributed by atoms with E-state index in [1.165, 1.54) is 16.6 Å². The maximum absolute atomic E-state index is 12.4. The second kappa shape index (κ2) is 8.17. The SMILES string of the molecule is COc1ccc(C(=O)CSc2n[nH]c(Cc3cccs3)n2)cc1OC. The number of aromatic nitrogens is 3. The van der Waals surface area contributed by atoms with Crippen molar-refractivity contribution in [1.82, 2.24) is 15.2 Å². The van der Waals surface area contributed by atoms with Crippen molar-refractivity contribution in [3.05, 3.63) is 52.0 Å². The third-order valence-electron chi connectivity index (χ3n) is 3.47. The molecule has 0 saturated heterocycles. The van der Waals surface area contributed by atoms with Crippen LogP contribution < -0.4 is 9.47 Å². The number of carbonyl (C=O) groups is 1. The second-order valence-corrected chi connectivity index (χ2v) is 7.08. The number of ether oxygens (including phenoxy) is 2. The maximum Gasteiger partial charge on any atom is 0.208 e. The van der Waals surface area contributed by atoms with Gasteiger partial charge in [-0.05, 0) is 29.6 Å². The molecule has 3 aromatic rings. The summed E-state index contributed by atoms with van der Waals surface area (Å²) >= 11 is 2.99. The number of thiophene rings is 1. The lowest BCUT2D eigenvalue weighted by molar-refractivity contribution is 0.102. The number of benzene rings is 1. The fraction of sp³-hybridized carbons (Fsp3) is 0.235. The summed E-state index contributed by atoms with van der Waals surface area (Å²) in [5, 5.41) is 9.68. The molecule has 3 rings (SSSR count). The molecule has 0 aliphatic rings. The van der Waals surface area contributed by atoms with Crippen LogP contribution in [0.2, 0.25) is 0 Å². The van der Waals surface area contributed by atoms with Crippen molar-refractivity contribution >= 4 is 28.9 Å².